The van der Waals surface area contributed by atoms with Crippen molar-refractivity contribution in [3.63, 3.8) is 0 Å². The summed E-state index contributed by atoms with van der Waals surface area (Å²) in [4.78, 5) is 22.8. The van der Waals surface area contributed by atoms with E-state index in [0.29, 0.717) is 40.6 Å². The normalized spacial score (nSPS) is 12.1. The summed E-state index contributed by atoms with van der Waals surface area (Å²) >= 11 is 0. The molecule has 1 atom stereocenters. The second-order valence-corrected chi connectivity index (χ2v) is 7.77. The number of halogens is 1. The summed E-state index contributed by atoms with van der Waals surface area (Å²) in [7, 11) is 0. The first-order valence-electron chi connectivity index (χ1n) is 11.0. The Hall–Kier alpha value is -4.26. The summed E-state index contributed by atoms with van der Waals surface area (Å²) in [5.41, 5.74) is 2.93. The van der Waals surface area contributed by atoms with Crippen molar-refractivity contribution in [2.75, 3.05) is 6.61 Å². The van der Waals surface area contributed by atoms with Crippen molar-refractivity contribution in [2.45, 2.75) is 20.2 Å². The predicted octanol–water partition coefficient (Wildman–Crippen LogP) is 5.69. The van der Waals surface area contributed by atoms with Crippen LogP contribution in [0.5, 0.6) is 11.6 Å². The summed E-state index contributed by atoms with van der Waals surface area (Å²) in [6.45, 7) is 3.66. The number of rotatable bonds is 6. The molecule has 0 bridgehead atoms. The zero-order valence-corrected chi connectivity index (χ0v) is 18.7. The molecule has 5 rings (SSSR count). The fourth-order valence-electron chi connectivity index (χ4n) is 3.96. The average Bonchev–Trinajstić information content (AvgIpc) is 2.84. The number of fused-ring (bicyclic) bond motifs is 2. The molecule has 0 saturated carbocycles. The second kappa shape index (κ2) is 8.94. The van der Waals surface area contributed by atoms with Gasteiger partial charge in [0.15, 0.2) is 0 Å². The molecule has 0 fully saturated rings. The number of benzene rings is 2. The zero-order chi connectivity index (χ0) is 23.7. The number of pyridine rings is 3. The summed E-state index contributed by atoms with van der Waals surface area (Å²) in [5, 5.41) is 1.71. The molecule has 0 aliphatic rings. The van der Waals surface area contributed by atoms with E-state index in [1.807, 2.05) is 43.3 Å². The lowest BCUT2D eigenvalue weighted by Crippen LogP contribution is -2.20. The minimum absolute atomic E-state index is 0.232. The molecule has 34 heavy (non-hydrogen) atoms. The van der Waals surface area contributed by atoms with Crippen molar-refractivity contribution in [3.05, 3.63) is 89.5 Å². The number of hydrogen-bond acceptors (Lipinski definition) is 5. The predicted molar refractivity (Wildman–Crippen MR) is 130 cm³/mol. The Labute approximate surface area is 195 Å². The van der Waals surface area contributed by atoms with E-state index in [4.69, 9.17) is 9.47 Å². The molecule has 170 valence electrons. The van der Waals surface area contributed by atoms with Crippen LogP contribution < -0.4 is 15.0 Å². The summed E-state index contributed by atoms with van der Waals surface area (Å²) in [5.74, 6) is 0.820. The number of nitrogens with zero attached hydrogens (tertiary/aromatic N) is 3. The maximum absolute atomic E-state index is 13.8. The van der Waals surface area contributed by atoms with E-state index in [1.165, 1.54) is 6.92 Å². The first kappa shape index (κ1) is 21.6. The lowest BCUT2D eigenvalue weighted by Gasteiger charge is -2.14. The third-order valence-electron chi connectivity index (χ3n) is 5.44. The molecule has 1 unspecified atom stereocenters. The zero-order valence-electron chi connectivity index (χ0n) is 18.7. The van der Waals surface area contributed by atoms with Gasteiger partial charge in [0.05, 0.1) is 23.2 Å². The van der Waals surface area contributed by atoms with Gasteiger partial charge in [-0.1, -0.05) is 18.2 Å². The van der Waals surface area contributed by atoms with Gasteiger partial charge in [-0.25, -0.2) is 9.37 Å². The van der Waals surface area contributed by atoms with Gasteiger partial charge in [0.1, 0.15) is 5.75 Å². The fourth-order valence-corrected chi connectivity index (χ4v) is 3.96. The molecule has 0 saturated heterocycles. The standard InChI is InChI=1S/C27H22FN3O3/c1-3-33-24-13-8-20-16-31(21-9-12-23-19(15-21)5-4-14-29-23)27(32)25(26(20)30-24)18-6-10-22(11-7-18)34-17(2)28/h4-17H,3H2,1-2H3. The molecule has 0 spiro atoms. The highest BCUT2D eigenvalue weighted by Gasteiger charge is 2.16. The quantitative estimate of drug-likeness (QED) is 0.329. The first-order chi connectivity index (χ1) is 16.5. The number of aromatic nitrogens is 3. The van der Waals surface area contributed by atoms with E-state index >= 15 is 0 Å². The number of alkyl halides is 1. The van der Waals surface area contributed by atoms with Gasteiger partial charge in [0.2, 0.25) is 12.2 Å². The highest BCUT2D eigenvalue weighted by atomic mass is 19.1. The Balaban J connectivity index is 1.74. The maximum atomic E-state index is 13.8. The van der Waals surface area contributed by atoms with E-state index in [2.05, 4.69) is 9.97 Å². The number of hydrogen-bond donors (Lipinski definition) is 0. The molecule has 0 aliphatic carbocycles. The van der Waals surface area contributed by atoms with Gasteiger partial charge >= 0.3 is 0 Å². The fraction of sp³-hybridized carbons (Fsp3) is 0.148. The summed E-state index contributed by atoms with van der Waals surface area (Å²) < 4.78 is 25.6. The van der Waals surface area contributed by atoms with Crippen LogP contribution in [0.25, 0.3) is 38.6 Å². The Bertz CT molecular complexity index is 1550. The molecule has 6 nitrogen and oxygen atoms in total. The van der Waals surface area contributed by atoms with Gasteiger partial charge in [-0.2, -0.15) is 0 Å². The Morgan fingerprint density at radius 3 is 2.62 bits per heavy atom. The molecule has 3 heterocycles. The molecule has 0 aliphatic heterocycles. The van der Waals surface area contributed by atoms with Crippen LogP contribution in [0.3, 0.4) is 0 Å². The minimum atomic E-state index is -1.43. The van der Waals surface area contributed by atoms with Crippen molar-refractivity contribution >= 4 is 21.8 Å². The van der Waals surface area contributed by atoms with E-state index in [0.717, 1.165) is 16.3 Å². The Kier molecular flexibility index (Phi) is 5.67. The molecule has 2 aromatic carbocycles. The SMILES string of the molecule is CCOc1ccc2cn(-c3ccc4ncccc4c3)c(=O)c(-c3ccc(OC(C)F)cc3)c2n1. The lowest BCUT2D eigenvalue weighted by molar-refractivity contribution is 0.0861. The van der Waals surface area contributed by atoms with Crippen LogP contribution >= 0.6 is 0 Å². The van der Waals surface area contributed by atoms with Crippen LogP contribution in [0.15, 0.2) is 83.9 Å². The van der Waals surface area contributed by atoms with Crippen molar-refractivity contribution in [3.8, 4) is 28.4 Å². The third-order valence-corrected chi connectivity index (χ3v) is 5.44. The van der Waals surface area contributed by atoms with E-state index < -0.39 is 6.36 Å². The van der Waals surface area contributed by atoms with Crippen LogP contribution in [-0.4, -0.2) is 27.5 Å². The van der Waals surface area contributed by atoms with Crippen molar-refractivity contribution < 1.29 is 13.9 Å². The lowest BCUT2D eigenvalue weighted by atomic mass is 10.0. The van der Waals surface area contributed by atoms with E-state index in [9.17, 15) is 9.18 Å². The topological polar surface area (TPSA) is 66.2 Å². The third kappa shape index (κ3) is 4.08. The molecule has 7 heteroatoms. The van der Waals surface area contributed by atoms with Gasteiger partial charge in [-0.3, -0.25) is 14.3 Å². The Morgan fingerprint density at radius 1 is 1.03 bits per heavy atom. The molecule has 0 N–H and O–H groups in total. The smallest absolute Gasteiger partial charge is 0.265 e. The van der Waals surface area contributed by atoms with Crippen molar-refractivity contribution in [1.82, 2.24) is 14.5 Å². The van der Waals surface area contributed by atoms with E-state index in [1.54, 1.807) is 47.3 Å². The average molecular weight is 455 g/mol. The summed E-state index contributed by atoms with van der Waals surface area (Å²) in [6, 6.07) is 19.9. The second-order valence-electron chi connectivity index (χ2n) is 7.77. The molecule has 0 amide bonds. The molecule has 3 aromatic heterocycles. The van der Waals surface area contributed by atoms with Crippen LogP contribution in [0.1, 0.15) is 13.8 Å². The van der Waals surface area contributed by atoms with Crippen LogP contribution in [-0.2, 0) is 0 Å². The highest BCUT2D eigenvalue weighted by Crippen LogP contribution is 2.29. The van der Waals surface area contributed by atoms with Crippen LogP contribution in [0.2, 0.25) is 0 Å². The summed E-state index contributed by atoms with van der Waals surface area (Å²) in [6.07, 6.45) is 2.09. The molecular weight excluding hydrogens is 433 g/mol. The van der Waals surface area contributed by atoms with Gasteiger partial charge in [0.25, 0.3) is 5.56 Å². The van der Waals surface area contributed by atoms with Gasteiger partial charge in [0, 0.05) is 41.8 Å². The van der Waals surface area contributed by atoms with Crippen molar-refractivity contribution in [1.29, 1.82) is 0 Å². The van der Waals surface area contributed by atoms with Crippen LogP contribution in [0, 0.1) is 0 Å². The highest BCUT2D eigenvalue weighted by molar-refractivity contribution is 5.93. The monoisotopic (exact) mass is 455 g/mol. The van der Waals surface area contributed by atoms with Crippen molar-refractivity contribution in [2.24, 2.45) is 0 Å². The Morgan fingerprint density at radius 2 is 1.85 bits per heavy atom. The molecule has 0 radical (unpaired) electrons. The first-order valence-corrected chi connectivity index (χ1v) is 11.0. The molecular formula is C27H22FN3O3. The van der Waals surface area contributed by atoms with Gasteiger partial charge in [-0.05, 0) is 55.0 Å². The largest absolute Gasteiger partial charge is 0.478 e. The van der Waals surface area contributed by atoms with Crippen LogP contribution in [0.4, 0.5) is 4.39 Å². The minimum Gasteiger partial charge on any atom is -0.478 e. The molecule has 5 aromatic rings. The van der Waals surface area contributed by atoms with E-state index in [-0.39, 0.29) is 5.56 Å². The maximum Gasteiger partial charge on any atom is 0.265 e. The number of ether oxygens (including phenoxy) is 2. The van der Waals surface area contributed by atoms with Gasteiger partial charge < -0.3 is 9.47 Å². The van der Waals surface area contributed by atoms with Gasteiger partial charge in [-0.15, -0.1) is 0 Å².